The first kappa shape index (κ1) is 23.2. The number of sulfonamides is 1. The third-order valence-electron chi connectivity index (χ3n) is 5.17. The van der Waals surface area contributed by atoms with Gasteiger partial charge in [0.1, 0.15) is 17.2 Å². The van der Waals surface area contributed by atoms with Crippen LogP contribution in [0.15, 0.2) is 65.1 Å². The molecule has 1 aromatic heterocycles. The Morgan fingerprint density at radius 2 is 1.79 bits per heavy atom. The Bertz CT molecular complexity index is 1460. The summed E-state index contributed by atoms with van der Waals surface area (Å²) in [6.07, 6.45) is 0. The quantitative estimate of drug-likeness (QED) is 0.291. The van der Waals surface area contributed by atoms with Crippen molar-refractivity contribution in [1.82, 2.24) is 5.32 Å². The van der Waals surface area contributed by atoms with Crippen LogP contribution in [-0.2, 0) is 10.0 Å². The Hall–Kier alpha value is -2.92. The molecule has 0 unspecified atom stereocenters. The average molecular weight is 578 g/mol. The van der Waals surface area contributed by atoms with Crippen LogP contribution in [0.1, 0.15) is 17.3 Å². The van der Waals surface area contributed by atoms with Crippen LogP contribution >= 0.6 is 22.6 Å². The van der Waals surface area contributed by atoms with Gasteiger partial charge in [0.25, 0.3) is 5.91 Å². The second kappa shape index (κ2) is 9.14. The fourth-order valence-corrected chi connectivity index (χ4v) is 4.71. The lowest BCUT2D eigenvalue weighted by Crippen LogP contribution is -2.18. The van der Waals surface area contributed by atoms with Gasteiger partial charge in [0.2, 0.25) is 10.0 Å². The highest BCUT2D eigenvalue weighted by molar-refractivity contribution is 14.1. The third-order valence-corrected chi connectivity index (χ3v) is 7.13. The first-order valence-electron chi connectivity index (χ1n) is 10.1. The number of carbonyl (C=O) groups excluding carboxylic acids is 1. The van der Waals surface area contributed by atoms with Crippen molar-refractivity contribution in [2.24, 2.45) is 0 Å². The lowest BCUT2D eigenvalue weighted by atomic mass is 9.99. The molecular formula is C24H20FIN2O4S. The molecule has 0 atom stereocenters. The van der Waals surface area contributed by atoms with Gasteiger partial charge >= 0.3 is 0 Å². The fourth-order valence-electron chi connectivity index (χ4n) is 3.52. The zero-order chi connectivity index (χ0) is 23.8. The van der Waals surface area contributed by atoms with Crippen molar-refractivity contribution in [3.63, 3.8) is 0 Å². The van der Waals surface area contributed by atoms with E-state index >= 15 is 0 Å². The maximum Gasteiger partial charge on any atom is 0.255 e. The molecule has 1 amide bonds. The summed E-state index contributed by atoms with van der Waals surface area (Å²) in [6, 6.07) is 16.5. The van der Waals surface area contributed by atoms with Crippen molar-refractivity contribution in [1.29, 1.82) is 0 Å². The largest absolute Gasteiger partial charge is 0.455 e. The minimum absolute atomic E-state index is 0.0979. The van der Waals surface area contributed by atoms with E-state index in [4.69, 9.17) is 4.42 Å². The van der Waals surface area contributed by atoms with Crippen molar-refractivity contribution in [2.45, 2.75) is 6.92 Å². The van der Waals surface area contributed by atoms with Gasteiger partial charge in [-0.3, -0.25) is 9.52 Å². The van der Waals surface area contributed by atoms with Crippen LogP contribution < -0.4 is 10.0 Å². The van der Waals surface area contributed by atoms with E-state index in [1.807, 2.05) is 24.3 Å². The van der Waals surface area contributed by atoms with Gasteiger partial charge in [0.15, 0.2) is 0 Å². The van der Waals surface area contributed by atoms with Gasteiger partial charge in [-0.05, 0) is 77.5 Å². The number of fused-ring (bicyclic) bond motifs is 1. The van der Waals surface area contributed by atoms with Crippen LogP contribution in [0.2, 0.25) is 0 Å². The first-order valence-corrected chi connectivity index (χ1v) is 12.8. The molecule has 6 nitrogen and oxygen atoms in total. The SMILES string of the molecule is CCS(=O)(=O)Nc1cc2oc(-c3ccc(F)cc3)c(C(=O)NC)c2cc1-c1cccc(I)c1. The van der Waals surface area contributed by atoms with E-state index in [0.29, 0.717) is 27.8 Å². The second-order valence-electron chi connectivity index (χ2n) is 7.30. The molecule has 3 aromatic carbocycles. The Labute approximate surface area is 204 Å². The highest BCUT2D eigenvalue weighted by atomic mass is 127. The Morgan fingerprint density at radius 1 is 1.06 bits per heavy atom. The number of hydrogen-bond donors (Lipinski definition) is 2. The summed E-state index contributed by atoms with van der Waals surface area (Å²) in [4.78, 5) is 12.9. The van der Waals surface area contributed by atoms with Crippen LogP contribution in [0.4, 0.5) is 10.1 Å². The van der Waals surface area contributed by atoms with Crippen molar-refractivity contribution in [3.05, 3.63) is 75.6 Å². The molecule has 0 fully saturated rings. The smallest absolute Gasteiger partial charge is 0.255 e. The highest BCUT2D eigenvalue weighted by Crippen LogP contribution is 2.40. The van der Waals surface area contributed by atoms with Gasteiger partial charge in [-0.1, -0.05) is 12.1 Å². The van der Waals surface area contributed by atoms with E-state index < -0.39 is 15.8 Å². The number of benzene rings is 3. The number of amides is 1. The number of rotatable bonds is 6. The van der Waals surface area contributed by atoms with E-state index in [1.165, 1.54) is 31.3 Å². The topological polar surface area (TPSA) is 88.4 Å². The summed E-state index contributed by atoms with van der Waals surface area (Å²) in [7, 11) is -2.06. The Balaban J connectivity index is 2.04. The van der Waals surface area contributed by atoms with Crippen LogP contribution in [0.3, 0.4) is 0 Å². The predicted octanol–water partition coefficient (Wildman–Crippen LogP) is 5.63. The van der Waals surface area contributed by atoms with E-state index in [-0.39, 0.29) is 23.0 Å². The molecule has 170 valence electrons. The molecule has 0 saturated heterocycles. The number of furan rings is 1. The lowest BCUT2D eigenvalue weighted by Gasteiger charge is -2.13. The normalized spacial score (nSPS) is 11.5. The van der Waals surface area contributed by atoms with Crippen molar-refractivity contribution in [2.75, 3.05) is 17.5 Å². The maximum absolute atomic E-state index is 13.5. The van der Waals surface area contributed by atoms with E-state index in [1.54, 1.807) is 19.1 Å². The van der Waals surface area contributed by atoms with Gasteiger partial charge in [0, 0.05) is 33.2 Å². The highest BCUT2D eigenvalue weighted by Gasteiger charge is 2.24. The molecule has 33 heavy (non-hydrogen) atoms. The minimum Gasteiger partial charge on any atom is -0.455 e. The van der Waals surface area contributed by atoms with E-state index in [0.717, 1.165) is 9.13 Å². The summed E-state index contributed by atoms with van der Waals surface area (Å²) in [5.74, 6) is -0.607. The van der Waals surface area contributed by atoms with Crippen LogP contribution in [0.25, 0.3) is 33.4 Å². The van der Waals surface area contributed by atoms with Gasteiger partial charge in [0.05, 0.1) is 17.0 Å². The van der Waals surface area contributed by atoms with Gasteiger partial charge in [-0.15, -0.1) is 0 Å². The van der Waals surface area contributed by atoms with E-state index in [9.17, 15) is 17.6 Å². The van der Waals surface area contributed by atoms with Crippen molar-refractivity contribution in [3.8, 4) is 22.5 Å². The minimum atomic E-state index is -3.58. The molecule has 0 bridgehead atoms. The molecule has 0 saturated carbocycles. The zero-order valence-corrected chi connectivity index (χ0v) is 20.8. The summed E-state index contributed by atoms with van der Waals surface area (Å²) >= 11 is 2.18. The summed E-state index contributed by atoms with van der Waals surface area (Å²) < 4.78 is 47.9. The van der Waals surface area contributed by atoms with Gasteiger partial charge in [-0.25, -0.2) is 12.8 Å². The molecule has 0 radical (unpaired) electrons. The summed E-state index contributed by atoms with van der Waals surface area (Å²) in [6.45, 7) is 1.55. The monoisotopic (exact) mass is 578 g/mol. The number of carbonyl (C=O) groups is 1. The third kappa shape index (κ3) is 4.74. The van der Waals surface area contributed by atoms with Gasteiger partial charge in [-0.2, -0.15) is 0 Å². The Morgan fingerprint density at radius 3 is 2.42 bits per heavy atom. The van der Waals surface area contributed by atoms with Crippen LogP contribution in [0, 0.1) is 9.39 Å². The molecule has 0 aliphatic heterocycles. The molecular weight excluding hydrogens is 558 g/mol. The molecule has 4 aromatic rings. The molecule has 0 aliphatic rings. The molecule has 0 aliphatic carbocycles. The standard InChI is InChI=1S/C24H20FIN2O4S/c1-3-33(30,31)28-20-13-21-19(12-18(20)15-5-4-6-17(26)11-15)22(24(29)27-2)23(32-21)14-7-9-16(25)10-8-14/h4-13,28H,3H2,1-2H3,(H,27,29). The van der Waals surface area contributed by atoms with E-state index in [2.05, 4.69) is 32.6 Å². The van der Waals surface area contributed by atoms with Gasteiger partial charge < -0.3 is 9.73 Å². The second-order valence-corrected chi connectivity index (χ2v) is 10.6. The fraction of sp³-hybridized carbons (Fsp3) is 0.125. The molecule has 2 N–H and O–H groups in total. The molecule has 4 rings (SSSR count). The first-order chi connectivity index (χ1) is 15.7. The van der Waals surface area contributed by atoms with Crippen LogP contribution in [-0.4, -0.2) is 27.1 Å². The number of hydrogen-bond acceptors (Lipinski definition) is 4. The average Bonchev–Trinajstić information content (AvgIpc) is 3.16. The molecule has 9 heteroatoms. The maximum atomic E-state index is 13.5. The Kier molecular flexibility index (Phi) is 6.44. The molecule has 0 spiro atoms. The summed E-state index contributed by atoms with van der Waals surface area (Å²) in [5, 5.41) is 3.14. The van der Waals surface area contributed by atoms with Crippen LogP contribution in [0.5, 0.6) is 0 Å². The van der Waals surface area contributed by atoms with Crippen molar-refractivity contribution >= 4 is 55.2 Å². The number of nitrogens with one attached hydrogen (secondary N) is 2. The summed E-state index contributed by atoms with van der Waals surface area (Å²) in [5.41, 5.74) is 2.87. The zero-order valence-electron chi connectivity index (χ0n) is 17.8. The number of anilines is 1. The lowest BCUT2D eigenvalue weighted by molar-refractivity contribution is 0.0964. The van der Waals surface area contributed by atoms with Crippen molar-refractivity contribution < 1.29 is 22.0 Å². The molecule has 1 heterocycles. The number of halogens is 2. The predicted molar refractivity (Wildman–Crippen MR) is 136 cm³/mol.